The second-order valence-electron chi connectivity index (χ2n) is 6.26. The highest BCUT2D eigenvalue weighted by Gasteiger charge is 2.31. The number of methoxy groups -OCH3 is 1. The standard InChI is InChI=1S/C19H19FN2O5S2/c1-27-19(24)15-12-18(28-13-15)29(25,26)22-9-7-21(8-10-22)17(23)6-5-14-3-2-4-16(20)11-14/h2-6,11-13H,7-10H2,1H3/b6-5+. The van der Waals surface area contributed by atoms with Gasteiger partial charge < -0.3 is 9.64 Å². The largest absolute Gasteiger partial charge is 0.465 e. The van der Waals surface area contributed by atoms with Crippen LogP contribution in [0.4, 0.5) is 4.39 Å². The molecule has 1 aromatic heterocycles. The third-order valence-electron chi connectivity index (χ3n) is 4.41. The highest BCUT2D eigenvalue weighted by molar-refractivity contribution is 7.91. The summed E-state index contributed by atoms with van der Waals surface area (Å²) in [5, 5.41) is 1.44. The van der Waals surface area contributed by atoms with Gasteiger partial charge in [-0.3, -0.25) is 4.79 Å². The number of carbonyl (C=O) groups excluding carboxylic acids is 2. The van der Waals surface area contributed by atoms with Crippen molar-refractivity contribution in [1.82, 2.24) is 9.21 Å². The van der Waals surface area contributed by atoms with Crippen LogP contribution in [0.3, 0.4) is 0 Å². The van der Waals surface area contributed by atoms with Crippen LogP contribution in [0.25, 0.3) is 6.08 Å². The maximum atomic E-state index is 13.2. The van der Waals surface area contributed by atoms with Crippen molar-refractivity contribution < 1.29 is 27.1 Å². The molecule has 154 valence electrons. The summed E-state index contributed by atoms with van der Waals surface area (Å²) in [7, 11) is -2.52. The van der Waals surface area contributed by atoms with Crippen LogP contribution in [0.15, 0.2) is 46.0 Å². The predicted molar refractivity (Wildman–Crippen MR) is 106 cm³/mol. The van der Waals surface area contributed by atoms with Crippen molar-refractivity contribution >= 4 is 39.3 Å². The van der Waals surface area contributed by atoms with Crippen molar-refractivity contribution in [2.24, 2.45) is 0 Å². The smallest absolute Gasteiger partial charge is 0.338 e. The Bertz CT molecular complexity index is 1040. The number of hydrogen-bond acceptors (Lipinski definition) is 6. The predicted octanol–water partition coefficient (Wildman–Crippen LogP) is 2.22. The van der Waals surface area contributed by atoms with Gasteiger partial charge in [-0.2, -0.15) is 4.31 Å². The molecule has 1 aliphatic rings. The van der Waals surface area contributed by atoms with Crippen molar-refractivity contribution in [2.45, 2.75) is 4.21 Å². The van der Waals surface area contributed by atoms with Gasteiger partial charge in [-0.15, -0.1) is 11.3 Å². The monoisotopic (exact) mass is 438 g/mol. The summed E-state index contributed by atoms with van der Waals surface area (Å²) >= 11 is 0.955. The number of carbonyl (C=O) groups is 2. The summed E-state index contributed by atoms with van der Waals surface area (Å²) in [4.78, 5) is 25.4. The van der Waals surface area contributed by atoms with E-state index in [1.54, 1.807) is 12.1 Å². The molecule has 0 N–H and O–H groups in total. The van der Waals surface area contributed by atoms with Gasteiger partial charge >= 0.3 is 5.97 Å². The van der Waals surface area contributed by atoms with Crippen LogP contribution in [0, 0.1) is 5.82 Å². The van der Waals surface area contributed by atoms with Gasteiger partial charge in [0.15, 0.2) is 0 Å². The average molecular weight is 439 g/mol. The van der Waals surface area contributed by atoms with E-state index in [0.717, 1.165) is 11.3 Å². The molecule has 0 bridgehead atoms. The molecule has 0 spiro atoms. The number of nitrogens with zero attached hydrogens (tertiary/aromatic N) is 2. The summed E-state index contributed by atoms with van der Waals surface area (Å²) in [6.07, 6.45) is 2.87. The molecule has 0 atom stereocenters. The summed E-state index contributed by atoms with van der Waals surface area (Å²) in [5.74, 6) is -1.25. The number of piperazine rings is 1. The van der Waals surface area contributed by atoms with Crippen LogP contribution >= 0.6 is 11.3 Å². The van der Waals surface area contributed by atoms with Gasteiger partial charge in [0.1, 0.15) is 10.0 Å². The number of esters is 1. The van der Waals surface area contributed by atoms with E-state index in [1.807, 2.05) is 0 Å². The first-order valence-corrected chi connectivity index (χ1v) is 11.0. The number of hydrogen-bond donors (Lipinski definition) is 0. The normalized spacial score (nSPS) is 15.6. The highest BCUT2D eigenvalue weighted by atomic mass is 32.2. The highest BCUT2D eigenvalue weighted by Crippen LogP contribution is 2.25. The van der Waals surface area contributed by atoms with Gasteiger partial charge in [0.05, 0.1) is 12.7 Å². The van der Waals surface area contributed by atoms with E-state index in [-0.39, 0.29) is 47.7 Å². The number of benzene rings is 1. The topological polar surface area (TPSA) is 84.0 Å². The Morgan fingerprint density at radius 3 is 2.55 bits per heavy atom. The molecule has 7 nitrogen and oxygen atoms in total. The Labute approximate surface area is 172 Å². The van der Waals surface area contributed by atoms with E-state index >= 15 is 0 Å². The van der Waals surface area contributed by atoms with Crippen molar-refractivity contribution in [2.75, 3.05) is 33.3 Å². The molecule has 3 rings (SSSR count). The quantitative estimate of drug-likeness (QED) is 0.528. The number of halogens is 1. The molecule has 1 amide bonds. The van der Waals surface area contributed by atoms with Gasteiger partial charge in [-0.25, -0.2) is 17.6 Å². The van der Waals surface area contributed by atoms with Crippen molar-refractivity contribution in [1.29, 1.82) is 0 Å². The van der Waals surface area contributed by atoms with E-state index in [4.69, 9.17) is 0 Å². The Morgan fingerprint density at radius 2 is 1.90 bits per heavy atom. The SMILES string of the molecule is COC(=O)c1csc(S(=O)(=O)N2CCN(C(=O)/C=C/c3cccc(F)c3)CC2)c1. The molecule has 1 aliphatic heterocycles. The molecule has 0 radical (unpaired) electrons. The van der Waals surface area contributed by atoms with Gasteiger partial charge in [-0.1, -0.05) is 12.1 Å². The van der Waals surface area contributed by atoms with Crippen LogP contribution in [0.1, 0.15) is 15.9 Å². The van der Waals surface area contributed by atoms with Crippen molar-refractivity contribution in [3.8, 4) is 0 Å². The Kier molecular flexibility index (Phi) is 6.46. The summed E-state index contributed by atoms with van der Waals surface area (Å²) in [6.45, 7) is 0.766. The van der Waals surface area contributed by atoms with Gasteiger partial charge in [0.25, 0.3) is 10.0 Å². The molecule has 1 saturated heterocycles. The fourth-order valence-electron chi connectivity index (χ4n) is 2.84. The van der Waals surface area contributed by atoms with Crippen LogP contribution < -0.4 is 0 Å². The zero-order valence-corrected chi connectivity index (χ0v) is 17.2. The zero-order chi connectivity index (χ0) is 21.0. The maximum Gasteiger partial charge on any atom is 0.338 e. The van der Waals surface area contributed by atoms with Gasteiger partial charge in [-0.05, 0) is 29.8 Å². The Balaban J connectivity index is 1.61. The summed E-state index contributed by atoms with van der Waals surface area (Å²) in [5.41, 5.74) is 0.756. The third kappa shape index (κ3) is 4.89. The minimum atomic E-state index is -3.75. The van der Waals surface area contributed by atoms with Crippen LogP contribution in [-0.4, -0.2) is 62.8 Å². The third-order valence-corrected chi connectivity index (χ3v) is 7.72. The van der Waals surface area contributed by atoms with E-state index in [1.165, 1.54) is 52.0 Å². The second-order valence-corrected chi connectivity index (χ2v) is 9.34. The molecule has 2 heterocycles. The zero-order valence-electron chi connectivity index (χ0n) is 15.6. The van der Waals surface area contributed by atoms with Crippen LogP contribution in [0.2, 0.25) is 0 Å². The lowest BCUT2D eigenvalue weighted by atomic mass is 10.2. The minimum absolute atomic E-state index is 0.0590. The number of thiophene rings is 1. The first-order valence-electron chi connectivity index (χ1n) is 8.71. The van der Waals surface area contributed by atoms with E-state index in [0.29, 0.717) is 5.56 Å². The molecular formula is C19H19FN2O5S2. The molecule has 1 fully saturated rings. The number of amides is 1. The molecule has 0 saturated carbocycles. The van der Waals surface area contributed by atoms with E-state index in [2.05, 4.69) is 4.74 Å². The molecule has 29 heavy (non-hydrogen) atoms. The van der Waals surface area contributed by atoms with Crippen LogP contribution in [-0.2, 0) is 19.6 Å². The average Bonchev–Trinajstić information content (AvgIpc) is 3.23. The molecular weight excluding hydrogens is 419 g/mol. The van der Waals surface area contributed by atoms with E-state index in [9.17, 15) is 22.4 Å². The molecule has 0 unspecified atom stereocenters. The molecule has 2 aromatic rings. The summed E-state index contributed by atoms with van der Waals surface area (Å²) < 4.78 is 44.7. The first-order chi connectivity index (χ1) is 13.8. The van der Waals surface area contributed by atoms with Gasteiger partial charge in [0, 0.05) is 37.6 Å². The van der Waals surface area contributed by atoms with Crippen molar-refractivity contribution in [3.63, 3.8) is 0 Å². The maximum absolute atomic E-state index is 13.2. The molecule has 0 aliphatic carbocycles. The fourth-order valence-corrected chi connectivity index (χ4v) is 5.56. The number of sulfonamides is 1. The number of rotatable bonds is 5. The Hall–Kier alpha value is -2.56. The lowest BCUT2D eigenvalue weighted by Crippen LogP contribution is -2.50. The second kappa shape index (κ2) is 8.85. The molecule has 1 aromatic carbocycles. The fraction of sp³-hybridized carbons (Fsp3) is 0.263. The molecule has 10 heteroatoms. The van der Waals surface area contributed by atoms with E-state index < -0.39 is 16.0 Å². The lowest BCUT2D eigenvalue weighted by molar-refractivity contribution is -0.127. The van der Waals surface area contributed by atoms with Crippen molar-refractivity contribution in [3.05, 3.63) is 58.7 Å². The Morgan fingerprint density at radius 1 is 1.17 bits per heavy atom. The lowest BCUT2D eigenvalue weighted by Gasteiger charge is -2.33. The summed E-state index contributed by atoms with van der Waals surface area (Å²) in [6, 6.07) is 7.17. The van der Waals surface area contributed by atoms with Gasteiger partial charge in [0.2, 0.25) is 5.91 Å². The first kappa shape index (κ1) is 21.2. The van der Waals surface area contributed by atoms with Crippen LogP contribution in [0.5, 0.6) is 0 Å². The minimum Gasteiger partial charge on any atom is -0.465 e. The number of ether oxygens (including phenoxy) is 1.